The van der Waals surface area contributed by atoms with Gasteiger partial charge < -0.3 is 5.32 Å². The van der Waals surface area contributed by atoms with Crippen LogP contribution in [0.3, 0.4) is 0 Å². The third-order valence-corrected chi connectivity index (χ3v) is 2.49. The third-order valence-electron chi connectivity index (χ3n) is 2.49. The number of halogens is 3. The predicted octanol–water partition coefficient (Wildman–Crippen LogP) is 2.79. The Kier molecular flexibility index (Phi) is 4.11. The van der Waals surface area contributed by atoms with E-state index in [4.69, 9.17) is 0 Å². The molecular weight excluding hydrogens is 255 g/mol. The fraction of sp³-hybridized carbons (Fsp3) is 0.231. The van der Waals surface area contributed by atoms with Crippen LogP contribution in [0.25, 0.3) is 0 Å². The molecule has 0 saturated carbocycles. The van der Waals surface area contributed by atoms with Gasteiger partial charge >= 0.3 is 6.18 Å². The van der Waals surface area contributed by atoms with E-state index in [0.29, 0.717) is 24.5 Å². The summed E-state index contributed by atoms with van der Waals surface area (Å²) >= 11 is 0. The monoisotopic (exact) mass is 267 g/mol. The molecule has 0 fully saturated rings. The van der Waals surface area contributed by atoms with Crippen molar-refractivity contribution in [1.29, 1.82) is 0 Å². The van der Waals surface area contributed by atoms with Crippen molar-refractivity contribution in [2.45, 2.75) is 19.3 Å². The summed E-state index contributed by atoms with van der Waals surface area (Å²) in [5.41, 5.74) is -0.0616. The number of rotatable bonds is 4. The van der Waals surface area contributed by atoms with Gasteiger partial charge in [-0.05, 0) is 17.7 Å². The lowest BCUT2D eigenvalue weighted by Gasteiger charge is -2.09. The number of hydrogen-bond donors (Lipinski definition) is 1. The molecule has 0 aliphatic rings. The molecule has 0 saturated heterocycles. The summed E-state index contributed by atoms with van der Waals surface area (Å²) in [6, 6.07) is 6.95. The van der Waals surface area contributed by atoms with E-state index >= 15 is 0 Å². The topological polar surface area (TPSA) is 37.8 Å². The average Bonchev–Trinajstić information content (AvgIpc) is 2.39. The smallest absolute Gasteiger partial charge is 0.306 e. The van der Waals surface area contributed by atoms with Crippen molar-refractivity contribution in [2.24, 2.45) is 0 Å². The standard InChI is InChI=1S/C13H12F3N3/c14-13(15,16)11-4-1-3-10(7-11)8-17-9-12-18-5-2-6-19-12/h1-7,17H,8-9H2. The van der Waals surface area contributed by atoms with Crippen molar-refractivity contribution >= 4 is 0 Å². The van der Waals surface area contributed by atoms with Crippen molar-refractivity contribution in [3.8, 4) is 0 Å². The molecule has 2 aromatic rings. The maximum absolute atomic E-state index is 12.5. The molecule has 3 nitrogen and oxygen atoms in total. The number of nitrogens with one attached hydrogen (secondary N) is 1. The van der Waals surface area contributed by atoms with E-state index in [1.807, 2.05) is 0 Å². The second-order valence-electron chi connectivity index (χ2n) is 3.97. The highest BCUT2D eigenvalue weighted by molar-refractivity contribution is 5.25. The van der Waals surface area contributed by atoms with Crippen LogP contribution in [0.4, 0.5) is 13.2 Å². The highest BCUT2D eigenvalue weighted by Crippen LogP contribution is 2.29. The molecule has 100 valence electrons. The average molecular weight is 267 g/mol. The zero-order chi connectivity index (χ0) is 13.7. The predicted molar refractivity (Wildman–Crippen MR) is 64.0 cm³/mol. The van der Waals surface area contributed by atoms with Gasteiger partial charge in [0.05, 0.1) is 12.1 Å². The summed E-state index contributed by atoms with van der Waals surface area (Å²) in [6.07, 6.45) is -1.07. The maximum Gasteiger partial charge on any atom is 0.416 e. The van der Waals surface area contributed by atoms with Crippen molar-refractivity contribution < 1.29 is 13.2 Å². The quantitative estimate of drug-likeness (QED) is 0.925. The van der Waals surface area contributed by atoms with Gasteiger partial charge in [0.25, 0.3) is 0 Å². The Morgan fingerprint density at radius 1 is 1.00 bits per heavy atom. The minimum absolute atomic E-state index is 0.335. The lowest BCUT2D eigenvalue weighted by atomic mass is 10.1. The van der Waals surface area contributed by atoms with Crippen molar-refractivity contribution in [3.63, 3.8) is 0 Å². The molecule has 0 aliphatic heterocycles. The zero-order valence-electron chi connectivity index (χ0n) is 9.98. The van der Waals surface area contributed by atoms with E-state index in [9.17, 15) is 13.2 Å². The first-order chi connectivity index (χ1) is 9.05. The van der Waals surface area contributed by atoms with Crippen LogP contribution in [0.5, 0.6) is 0 Å². The van der Waals surface area contributed by atoms with Crippen molar-refractivity contribution in [1.82, 2.24) is 15.3 Å². The summed E-state index contributed by atoms with van der Waals surface area (Å²) in [4.78, 5) is 8.03. The van der Waals surface area contributed by atoms with Crippen LogP contribution in [0.15, 0.2) is 42.7 Å². The maximum atomic E-state index is 12.5. The Bertz CT molecular complexity index is 526. The molecule has 0 bridgehead atoms. The molecule has 1 aromatic carbocycles. The lowest BCUT2D eigenvalue weighted by molar-refractivity contribution is -0.137. The number of nitrogens with zero attached hydrogens (tertiary/aromatic N) is 2. The van der Waals surface area contributed by atoms with Crippen LogP contribution < -0.4 is 5.32 Å². The van der Waals surface area contributed by atoms with Gasteiger partial charge in [-0.1, -0.05) is 18.2 Å². The lowest BCUT2D eigenvalue weighted by Crippen LogP contribution is -2.15. The Labute approximate surface area is 108 Å². The Hall–Kier alpha value is -1.95. The molecule has 0 spiro atoms. The van der Waals surface area contributed by atoms with E-state index in [2.05, 4.69) is 15.3 Å². The normalized spacial score (nSPS) is 11.5. The molecule has 19 heavy (non-hydrogen) atoms. The Morgan fingerprint density at radius 2 is 1.74 bits per heavy atom. The fourth-order valence-corrected chi connectivity index (χ4v) is 1.60. The molecule has 1 N–H and O–H groups in total. The zero-order valence-corrected chi connectivity index (χ0v) is 9.98. The van der Waals surface area contributed by atoms with Crippen molar-refractivity contribution in [2.75, 3.05) is 0 Å². The SMILES string of the molecule is FC(F)(F)c1cccc(CNCc2ncccn2)c1. The minimum atomic E-state index is -4.31. The fourth-order valence-electron chi connectivity index (χ4n) is 1.60. The van der Waals surface area contributed by atoms with Gasteiger partial charge in [-0.15, -0.1) is 0 Å². The van der Waals surface area contributed by atoms with Gasteiger partial charge in [-0.2, -0.15) is 13.2 Å². The molecular formula is C13H12F3N3. The number of alkyl halides is 3. The summed E-state index contributed by atoms with van der Waals surface area (Å²) in [5, 5.41) is 3.00. The molecule has 1 aromatic heterocycles. The second kappa shape index (κ2) is 5.79. The summed E-state index contributed by atoms with van der Waals surface area (Å²) < 4.78 is 37.5. The van der Waals surface area contributed by atoms with Crippen LogP contribution in [0, 0.1) is 0 Å². The second-order valence-corrected chi connectivity index (χ2v) is 3.97. The minimum Gasteiger partial charge on any atom is -0.306 e. The Balaban J connectivity index is 1.93. The van der Waals surface area contributed by atoms with Crippen LogP contribution in [-0.2, 0) is 19.3 Å². The molecule has 0 atom stereocenters. The molecule has 0 radical (unpaired) electrons. The van der Waals surface area contributed by atoms with Gasteiger partial charge in [0.15, 0.2) is 0 Å². The van der Waals surface area contributed by atoms with E-state index in [0.717, 1.165) is 12.1 Å². The number of aromatic nitrogens is 2. The van der Waals surface area contributed by atoms with E-state index < -0.39 is 11.7 Å². The van der Waals surface area contributed by atoms with E-state index in [-0.39, 0.29) is 0 Å². The summed E-state index contributed by atoms with van der Waals surface area (Å²) in [7, 11) is 0. The highest BCUT2D eigenvalue weighted by Gasteiger charge is 2.30. The third kappa shape index (κ3) is 4.03. The molecule has 0 aliphatic carbocycles. The molecule has 6 heteroatoms. The summed E-state index contributed by atoms with van der Waals surface area (Å²) in [5.74, 6) is 0.606. The molecule has 0 unspecified atom stereocenters. The van der Waals surface area contributed by atoms with E-state index in [1.165, 1.54) is 6.07 Å². The van der Waals surface area contributed by atoms with Gasteiger partial charge in [-0.25, -0.2) is 9.97 Å². The first-order valence-electron chi connectivity index (χ1n) is 5.68. The first kappa shape index (κ1) is 13.5. The van der Waals surface area contributed by atoms with Crippen molar-refractivity contribution in [3.05, 3.63) is 59.7 Å². The van der Waals surface area contributed by atoms with Crippen LogP contribution in [0.2, 0.25) is 0 Å². The largest absolute Gasteiger partial charge is 0.416 e. The molecule has 1 heterocycles. The highest BCUT2D eigenvalue weighted by atomic mass is 19.4. The van der Waals surface area contributed by atoms with Crippen LogP contribution in [0.1, 0.15) is 17.0 Å². The van der Waals surface area contributed by atoms with Crippen LogP contribution >= 0.6 is 0 Å². The summed E-state index contributed by atoms with van der Waals surface area (Å²) in [6.45, 7) is 0.749. The van der Waals surface area contributed by atoms with Gasteiger partial charge in [0, 0.05) is 18.9 Å². The first-order valence-corrected chi connectivity index (χ1v) is 5.68. The van der Waals surface area contributed by atoms with Gasteiger partial charge in [-0.3, -0.25) is 0 Å². The number of benzene rings is 1. The number of hydrogen-bond acceptors (Lipinski definition) is 3. The van der Waals surface area contributed by atoms with Crippen LogP contribution in [-0.4, -0.2) is 9.97 Å². The van der Waals surface area contributed by atoms with Gasteiger partial charge in [0.1, 0.15) is 5.82 Å². The Morgan fingerprint density at radius 3 is 2.42 bits per heavy atom. The molecule has 0 amide bonds. The molecule has 2 rings (SSSR count). The van der Waals surface area contributed by atoms with E-state index in [1.54, 1.807) is 24.5 Å². The van der Waals surface area contributed by atoms with Gasteiger partial charge in [0.2, 0.25) is 0 Å².